The standard InChI is InChI=1S/C23H21N3O5/c1-2-25(19-11-4-3-5-12-19)23(28)17-9-8-10-18(15-17)24-22(27)16-31-21-14-7-6-13-20(21)26(29)30/h3-15H,2,16H2,1H3,(H,24,27). The highest BCUT2D eigenvalue weighted by Gasteiger charge is 2.17. The van der Waals surface area contributed by atoms with Crippen LogP contribution in [0.5, 0.6) is 5.75 Å². The van der Waals surface area contributed by atoms with Crippen molar-refractivity contribution in [3.05, 3.63) is 94.5 Å². The van der Waals surface area contributed by atoms with Gasteiger partial charge in [0.05, 0.1) is 4.92 Å². The van der Waals surface area contributed by atoms with E-state index < -0.39 is 17.4 Å². The predicted octanol–water partition coefficient (Wildman–Crippen LogP) is 4.28. The third-order valence-electron chi connectivity index (χ3n) is 4.44. The molecule has 0 aliphatic rings. The molecule has 8 nitrogen and oxygen atoms in total. The number of carbonyl (C=O) groups excluding carboxylic acids is 2. The van der Waals surface area contributed by atoms with Crippen molar-refractivity contribution >= 4 is 28.9 Å². The number of para-hydroxylation sites is 3. The zero-order chi connectivity index (χ0) is 22.2. The van der Waals surface area contributed by atoms with Gasteiger partial charge in [-0.3, -0.25) is 19.7 Å². The van der Waals surface area contributed by atoms with E-state index >= 15 is 0 Å². The van der Waals surface area contributed by atoms with E-state index in [0.29, 0.717) is 17.8 Å². The molecule has 0 bridgehead atoms. The molecule has 0 fully saturated rings. The second kappa shape index (κ2) is 10.0. The number of carbonyl (C=O) groups is 2. The van der Waals surface area contributed by atoms with Crippen LogP contribution in [0.15, 0.2) is 78.9 Å². The van der Waals surface area contributed by atoms with E-state index in [0.717, 1.165) is 5.69 Å². The fourth-order valence-corrected chi connectivity index (χ4v) is 3.01. The van der Waals surface area contributed by atoms with Gasteiger partial charge in [0.25, 0.3) is 11.8 Å². The Kier molecular flexibility index (Phi) is 6.95. The molecule has 0 aliphatic heterocycles. The van der Waals surface area contributed by atoms with E-state index in [4.69, 9.17) is 4.74 Å². The van der Waals surface area contributed by atoms with Crippen LogP contribution in [0.3, 0.4) is 0 Å². The van der Waals surface area contributed by atoms with Crippen molar-refractivity contribution in [2.75, 3.05) is 23.4 Å². The summed E-state index contributed by atoms with van der Waals surface area (Å²) in [4.78, 5) is 37.3. The Morgan fingerprint density at radius 2 is 1.71 bits per heavy atom. The molecule has 3 aromatic rings. The first-order chi connectivity index (χ1) is 15.0. The van der Waals surface area contributed by atoms with Crippen molar-refractivity contribution in [3.8, 4) is 5.75 Å². The molecule has 0 aliphatic carbocycles. The van der Waals surface area contributed by atoms with Gasteiger partial charge in [-0.05, 0) is 43.3 Å². The number of amides is 2. The average Bonchev–Trinajstić information content (AvgIpc) is 2.79. The molecule has 0 heterocycles. The minimum Gasteiger partial charge on any atom is -0.477 e. The molecule has 2 amide bonds. The zero-order valence-corrected chi connectivity index (χ0v) is 16.9. The molecule has 0 unspecified atom stereocenters. The van der Waals surface area contributed by atoms with E-state index in [9.17, 15) is 19.7 Å². The van der Waals surface area contributed by atoms with Crippen LogP contribution in [-0.4, -0.2) is 29.9 Å². The molecule has 3 aromatic carbocycles. The molecule has 31 heavy (non-hydrogen) atoms. The minimum absolute atomic E-state index is 0.00743. The lowest BCUT2D eigenvalue weighted by atomic mass is 10.1. The van der Waals surface area contributed by atoms with E-state index in [1.54, 1.807) is 35.2 Å². The van der Waals surface area contributed by atoms with Crippen LogP contribution in [0.25, 0.3) is 0 Å². The summed E-state index contributed by atoms with van der Waals surface area (Å²) in [7, 11) is 0. The number of nitrogens with zero attached hydrogens (tertiary/aromatic N) is 2. The monoisotopic (exact) mass is 419 g/mol. The largest absolute Gasteiger partial charge is 0.477 e. The number of benzene rings is 3. The highest BCUT2D eigenvalue weighted by molar-refractivity contribution is 6.07. The summed E-state index contributed by atoms with van der Waals surface area (Å²) in [5, 5.41) is 13.7. The fourth-order valence-electron chi connectivity index (χ4n) is 3.01. The lowest BCUT2D eigenvalue weighted by molar-refractivity contribution is -0.385. The van der Waals surface area contributed by atoms with Crippen LogP contribution in [0.2, 0.25) is 0 Å². The van der Waals surface area contributed by atoms with Crippen molar-refractivity contribution in [1.29, 1.82) is 0 Å². The second-order valence-corrected chi connectivity index (χ2v) is 6.53. The SMILES string of the molecule is CCN(C(=O)c1cccc(NC(=O)COc2ccccc2[N+](=O)[O-])c1)c1ccccc1. The summed E-state index contributed by atoms with van der Waals surface area (Å²) >= 11 is 0. The van der Waals surface area contributed by atoms with Crippen LogP contribution in [-0.2, 0) is 4.79 Å². The van der Waals surface area contributed by atoms with Crippen LogP contribution in [0, 0.1) is 10.1 Å². The maximum atomic E-state index is 13.0. The van der Waals surface area contributed by atoms with Crippen molar-refractivity contribution < 1.29 is 19.2 Å². The predicted molar refractivity (Wildman–Crippen MR) is 117 cm³/mol. The van der Waals surface area contributed by atoms with Gasteiger partial charge in [0.15, 0.2) is 12.4 Å². The summed E-state index contributed by atoms with van der Waals surface area (Å²) in [5.41, 5.74) is 1.40. The molecule has 0 radical (unpaired) electrons. The normalized spacial score (nSPS) is 10.2. The van der Waals surface area contributed by atoms with Crippen molar-refractivity contribution in [1.82, 2.24) is 0 Å². The molecular formula is C23H21N3O5. The van der Waals surface area contributed by atoms with Crippen molar-refractivity contribution in [3.63, 3.8) is 0 Å². The number of rotatable bonds is 8. The van der Waals surface area contributed by atoms with Crippen LogP contribution < -0.4 is 15.0 Å². The fraction of sp³-hybridized carbons (Fsp3) is 0.130. The molecule has 158 valence electrons. The molecule has 1 N–H and O–H groups in total. The summed E-state index contributed by atoms with van der Waals surface area (Å²) < 4.78 is 5.29. The maximum absolute atomic E-state index is 13.0. The number of nitro groups is 1. The Labute approximate surface area is 179 Å². The summed E-state index contributed by atoms with van der Waals surface area (Å²) in [5.74, 6) is -0.688. The number of nitrogens with one attached hydrogen (secondary N) is 1. The Morgan fingerprint density at radius 1 is 1.00 bits per heavy atom. The molecule has 0 atom stereocenters. The first-order valence-corrected chi connectivity index (χ1v) is 9.62. The number of ether oxygens (including phenoxy) is 1. The lowest BCUT2D eigenvalue weighted by Gasteiger charge is -2.21. The Bertz CT molecular complexity index is 1090. The summed E-state index contributed by atoms with van der Waals surface area (Å²) in [6.07, 6.45) is 0. The first-order valence-electron chi connectivity index (χ1n) is 9.62. The third-order valence-corrected chi connectivity index (χ3v) is 4.44. The first kappa shape index (κ1) is 21.5. The highest BCUT2D eigenvalue weighted by Crippen LogP contribution is 2.25. The number of anilines is 2. The van der Waals surface area contributed by atoms with E-state index in [1.807, 2.05) is 37.3 Å². The van der Waals surface area contributed by atoms with E-state index in [1.165, 1.54) is 18.2 Å². The zero-order valence-electron chi connectivity index (χ0n) is 16.9. The van der Waals surface area contributed by atoms with Gasteiger partial charge >= 0.3 is 5.69 Å². The third kappa shape index (κ3) is 5.45. The Hall–Kier alpha value is -4.20. The van der Waals surface area contributed by atoms with Gasteiger partial charge < -0.3 is 15.0 Å². The Balaban J connectivity index is 1.67. The minimum atomic E-state index is -0.575. The van der Waals surface area contributed by atoms with E-state index in [2.05, 4.69) is 5.32 Å². The topological polar surface area (TPSA) is 102 Å². The molecule has 8 heteroatoms. The van der Waals surface area contributed by atoms with Gasteiger partial charge in [0.1, 0.15) is 0 Å². The van der Waals surface area contributed by atoms with Gasteiger partial charge in [-0.15, -0.1) is 0 Å². The second-order valence-electron chi connectivity index (χ2n) is 6.53. The number of hydrogen-bond donors (Lipinski definition) is 1. The summed E-state index contributed by atoms with van der Waals surface area (Å²) in [6.45, 7) is 1.97. The van der Waals surface area contributed by atoms with Gasteiger partial charge in [0, 0.05) is 29.5 Å². The van der Waals surface area contributed by atoms with Gasteiger partial charge in [0.2, 0.25) is 0 Å². The highest BCUT2D eigenvalue weighted by atomic mass is 16.6. The number of hydrogen-bond acceptors (Lipinski definition) is 5. The van der Waals surface area contributed by atoms with Crippen LogP contribution in [0.4, 0.5) is 17.1 Å². The Morgan fingerprint density at radius 3 is 2.42 bits per heavy atom. The van der Waals surface area contributed by atoms with Gasteiger partial charge in [-0.25, -0.2) is 0 Å². The maximum Gasteiger partial charge on any atom is 0.310 e. The molecular weight excluding hydrogens is 398 g/mol. The smallest absolute Gasteiger partial charge is 0.310 e. The molecule has 3 rings (SSSR count). The van der Waals surface area contributed by atoms with E-state index in [-0.39, 0.29) is 17.3 Å². The molecule has 0 saturated carbocycles. The van der Waals surface area contributed by atoms with Gasteiger partial charge in [-0.2, -0.15) is 0 Å². The quantitative estimate of drug-likeness (QED) is 0.434. The van der Waals surface area contributed by atoms with Crippen LogP contribution in [0.1, 0.15) is 17.3 Å². The number of nitro benzene ring substituents is 1. The molecule has 0 saturated heterocycles. The van der Waals surface area contributed by atoms with Crippen molar-refractivity contribution in [2.45, 2.75) is 6.92 Å². The molecule has 0 aromatic heterocycles. The lowest BCUT2D eigenvalue weighted by Crippen LogP contribution is -2.30. The summed E-state index contributed by atoms with van der Waals surface area (Å²) in [6, 6.07) is 21.7. The van der Waals surface area contributed by atoms with Crippen molar-refractivity contribution in [2.24, 2.45) is 0 Å². The molecule has 0 spiro atoms. The van der Waals surface area contributed by atoms with Gasteiger partial charge in [-0.1, -0.05) is 36.4 Å². The van der Waals surface area contributed by atoms with Crippen LogP contribution >= 0.6 is 0 Å². The average molecular weight is 419 g/mol.